The van der Waals surface area contributed by atoms with Crippen LogP contribution in [0.3, 0.4) is 0 Å². The molecule has 0 aliphatic rings. The Bertz CT molecular complexity index is 686. The minimum absolute atomic E-state index is 0.201. The van der Waals surface area contributed by atoms with Crippen LogP contribution in [-0.4, -0.2) is 11.5 Å². The van der Waals surface area contributed by atoms with Crippen molar-refractivity contribution in [2.24, 2.45) is 11.1 Å². The van der Waals surface area contributed by atoms with E-state index in [-0.39, 0.29) is 5.41 Å². The van der Waals surface area contributed by atoms with Crippen LogP contribution in [0.5, 0.6) is 0 Å². The Kier molecular flexibility index (Phi) is 16.6. The van der Waals surface area contributed by atoms with Crippen LogP contribution < -0.4 is 16.4 Å². The first-order valence-electron chi connectivity index (χ1n) is 10.3. The van der Waals surface area contributed by atoms with Crippen molar-refractivity contribution in [2.75, 3.05) is 11.9 Å². The lowest BCUT2D eigenvalue weighted by atomic mass is 9.88. The Labute approximate surface area is 183 Å². The standard InChI is InChI=1S/C20H30N4S.2C2H6/c1-15(20(4,5)6)13-22-12-8-11-18-14-23-19(25-18)24-17(3)10-7-9-16(2)21;2*1-2/h7-11,13-14,22H,2,12,21H2,1,3-6H3,(H,23,24);2*1-2H3/b9-7-,11-8+,15-13+,17-10+;;. The smallest absolute Gasteiger partial charge is 0.187 e. The molecular weight excluding hydrogens is 376 g/mol. The fraction of sp³-hybridized carbons (Fsp3) is 0.458. The Morgan fingerprint density at radius 1 is 1.21 bits per heavy atom. The third-order valence-electron chi connectivity index (χ3n) is 3.50. The molecule has 0 fully saturated rings. The molecule has 0 amide bonds. The van der Waals surface area contributed by atoms with Crippen LogP contribution in [0.1, 0.15) is 67.2 Å². The van der Waals surface area contributed by atoms with Crippen LogP contribution in [-0.2, 0) is 0 Å². The van der Waals surface area contributed by atoms with Gasteiger partial charge >= 0.3 is 0 Å². The zero-order valence-corrected chi connectivity index (χ0v) is 20.7. The van der Waals surface area contributed by atoms with E-state index in [9.17, 15) is 0 Å². The van der Waals surface area contributed by atoms with E-state index in [0.29, 0.717) is 5.70 Å². The van der Waals surface area contributed by atoms with E-state index in [1.54, 1.807) is 17.4 Å². The Morgan fingerprint density at radius 2 is 1.83 bits per heavy atom. The predicted octanol–water partition coefficient (Wildman–Crippen LogP) is 7.09. The second kappa shape index (κ2) is 16.7. The normalized spacial score (nSPS) is 12.2. The molecule has 0 saturated heterocycles. The molecule has 0 radical (unpaired) electrons. The molecule has 0 spiro atoms. The van der Waals surface area contributed by atoms with Gasteiger partial charge in [-0.1, -0.05) is 84.1 Å². The summed E-state index contributed by atoms with van der Waals surface area (Å²) in [5.41, 5.74) is 8.54. The number of allylic oxidation sites excluding steroid dienone is 5. The summed E-state index contributed by atoms with van der Waals surface area (Å²) in [6, 6.07) is 0. The van der Waals surface area contributed by atoms with Crippen molar-refractivity contribution in [3.8, 4) is 0 Å². The third kappa shape index (κ3) is 15.3. The zero-order valence-electron chi connectivity index (χ0n) is 19.9. The number of aromatic nitrogens is 1. The number of hydrogen-bond acceptors (Lipinski definition) is 5. The van der Waals surface area contributed by atoms with Gasteiger partial charge in [-0.15, -0.1) is 0 Å². The first-order chi connectivity index (χ1) is 13.7. The quantitative estimate of drug-likeness (QED) is 0.311. The van der Waals surface area contributed by atoms with Crippen molar-refractivity contribution < 1.29 is 0 Å². The topological polar surface area (TPSA) is 63.0 Å². The fourth-order valence-corrected chi connectivity index (χ4v) is 2.43. The molecule has 1 heterocycles. The summed E-state index contributed by atoms with van der Waals surface area (Å²) in [7, 11) is 0. The lowest BCUT2D eigenvalue weighted by molar-refractivity contribution is 0.500. The monoisotopic (exact) mass is 418 g/mol. The lowest BCUT2D eigenvalue weighted by Crippen LogP contribution is -2.12. The second-order valence-electron chi connectivity index (χ2n) is 6.86. The number of nitrogens with two attached hydrogens (primary N) is 1. The Hall–Kier alpha value is -2.27. The Morgan fingerprint density at radius 3 is 2.38 bits per heavy atom. The molecule has 0 saturated carbocycles. The molecule has 164 valence electrons. The highest BCUT2D eigenvalue weighted by Gasteiger charge is 2.11. The van der Waals surface area contributed by atoms with Gasteiger partial charge in [-0.25, -0.2) is 4.98 Å². The average molecular weight is 419 g/mol. The fourth-order valence-electron chi connectivity index (χ4n) is 1.62. The summed E-state index contributed by atoms with van der Waals surface area (Å²) in [6.45, 7) is 23.2. The summed E-state index contributed by atoms with van der Waals surface area (Å²) >= 11 is 1.61. The van der Waals surface area contributed by atoms with Crippen molar-refractivity contribution in [1.82, 2.24) is 10.3 Å². The van der Waals surface area contributed by atoms with Crippen molar-refractivity contribution in [1.29, 1.82) is 0 Å². The molecule has 1 rings (SSSR count). The average Bonchev–Trinajstić information content (AvgIpc) is 3.10. The zero-order chi connectivity index (χ0) is 22.9. The molecule has 0 unspecified atom stereocenters. The summed E-state index contributed by atoms with van der Waals surface area (Å²) in [4.78, 5) is 5.49. The van der Waals surface area contributed by atoms with E-state index in [0.717, 1.165) is 22.3 Å². The molecule has 0 atom stereocenters. The van der Waals surface area contributed by atoms with E-state index in [1.165, 1.54) is 5.57 Å². The van der Waals surface area contributed by atoms with Gasteiger partial charge in [0, 0.05) is 29.0 Å². The maximum absolute atomic E-state index is 5.48. The van der Waals surface area contributed by atoms with Gasteiger partial charge in [-0.2, -0.15) is 0 Å². The van der Waals surface area contributed by atoms with Gasteiger partial charge in [0.15, 0.2) is 5.13 Å². The van der Waals surface area contributed by atoms with Crippen molar-refractivity contribution in [2.45, 2.75) is 62.3 Å². The number of thiazole rings is 1. The van der Waals surface area contributed by atoms with Crippen LogP contribution in [0.2, 0.25) is 0 Å². The summed E-state index contributed by atoms with van der Waals surface area (Å²) in [5, 5.41) is 7.44. The van der Waals surface area contributed by atoms with Crippen molar-refractivity contribution >= 4 is 22.5 Å². The lowest BCUT2D eigenvalue weighted by Gasteiger charge is -2.19. The highest BCUT2D eigenvalue weighted by molar-refractivity contribution is 7.16. The van der Waals surface area contributed by atoms with Crippen LogP contribution >= 0.6 is 11.3 Å². The van der Waals surface area contributed by atoms with E-state index < -0.39 is 0 Å². The second-order valence-corrected chi connectivity index (χ2v) is 7.93. The van der Waals surface area contributed by atoms with Crippen LogP contribution in [0.25, 0.3) is 6.08 Å². The minimum Gasteiger partial charge on any atom is -0.399 e. The molecular formula is C24H42N4S. The number of nitrogens with one attached hydrogen (secondary N) is 2. The maximum atomic E-state index is 5.48. The molecule has 29 heavy (non-hydrogen) atoms. The van der Waals surface area contributed by atoms with Crippen LogP contribution in [0.15, 0.2) is 60.2 Å². The maximum Gasteiger partial charge on any atom is 0.187 e. The van der Waals surface area contributed by atoms with Crippen LogP contribution in [0, 0.1) is 5.41 Å². The van der Waals surface area contributed by atoms with Gasteiger partial charge in [0.25, 0.3) is 0 Å². The third-order valence-corrected chi connectivity index (χ3v) is 4.38. The molecule has 1 aromatic heterocycles. The van der Waals surface area contributed by atoms with Crippen molar-refractivity contribution in [3.05, 3.63) is 65.1 Å². The molecule has 0 aromatic carbocycles. The highest BCUT2D eigenvalue weighted by atomic mass is 32.1. The van der Waals surface area contributed by atoms with E-state index in [2.05, 4.69) is 68.2 Å². The summed E-state index contributed by atoms with van der Waals surface area (Å²) < 4.78 is 0. The van der Waals surface area contributed by atoms with Gasteiger partial charge in [-0.05, 0) is 43.7 Å². The summed E-state index contributed by atoms with van der Waals surface area (Å²) in [6.07, 6.45) is 13.7. The van der Waals surface area contributed by atoms with E-state index >= 15 is 0 Å². The number of hydrogen-bond donors (Lipinski definition) is 3. The minimum atomic E-state index is 0.201. The number of rotatable bonds is 8. The largest absolute Gasteiger partial charge is 0.399 e. The first kappa shape index (κ1) is 28.9. The van der Waals surface area contributed by atoms with Gasteiger partial charge < -0.3 is 16.4 Å². The van der Waals surface area contributed by atoms with Crippen LogP contribution in [0.4, 0.5) is 5.13 Å². The van der Waals surface area contributed by atoms with Gasteiger partial charge in [0.1, 0.15) is 0 Å². The Balaban J connectivity index is 0. The molecule has 0 aliphatic carbocycles. The molecule has 1 aromatic rings. The molecule has 4 N–H and O–H groups in total. The summed E-state index contributed by atoms with van der Waals surface area (Å²) in [5.74, 6) is 0. The number of anilines is 1. The highest BCUT2D eigenvalue weighted by Crippen LogP contribution is 2.23. The van der Waals surface area contributed by atoms with Gasteiger partial charge in [-0.3, -0.25) is 0 Å². The first-order valence-corrected chi connectivity index (χ1v) is 11.1. The van der Waals surface area contributed by atoms with E-state index in [1.807, 2.05) is 53.0 Å². The molecule has 4 nitrogen and oxygen atoms in total. The predicted molar refractivity (Wildman–Crippen MR) is 135 cm³/mol. The van der Waals surface area contributed by atoms with Gasteiger partial charge in [0.2, 0.25) is 0 Å². The molecule has 0 bridgehead atoms. The molecule has 0 aliphatic heterocycles. The van der Waals surface area contributed by atoms with E-state index in [4.69, 9.17) is 5.73 Å². The van der Waals surface area contributed by atoms with Gasteiger partial charge in [0.05, 0.1) is 0 Å². The molecule has 5 heteroatoms. The number of nitrogens with zero attached hydrogens (tertiary/aromatic N) is 1. The SMILES string of the molecule is C=C(N)/C=C\C=C(/C)Nc1ncc(/C=C/CN/C=C(\C)C(C)(C)C)s1.CC.CC. The van der Waals surface area contributed by atoms with Crippen molar-refractivity contribution in [3.63, 3.8) is 0 Å².